The number of benzene rings is 3. The van der Waals surface area contributed by atoms with Gasteiger partial charge in [0, 0.05) is 22.3 Å². The number of nitrogens with one attached hydrogen (secondary N) is 1. The molecule has 1 saturated heterocycles. The highest BCUT2D eigenvalue weighted by Gasteiger charge is 2.44. The molecule has 1 aliphatic rings. The van der Waals surface area contributed by atoms with Gasteiger partial charge in [-0.15, -0.1) is 0 Å². The van der Waals surface area contributed by atoms with Crippen LogP contribution in [0.4, 0.5) is 11.4 Å². The van der Waals surface area contributed by atoms with E-state index < -0.39 is 12.0 Å². The second-order valence-electron chi connectivity index (χ2n) is 9.54. The van der Waals surface area contributed by atoms with Gasteiger partial charge in [0.2, 0.25) is 5.91 Å². The lowest BCUT2D eigenvalue weighted by molar-refractivity contribution is -0.124. The highest BCUT2D eigenvalue weighted by atomic mass is 35.5. The summed E-state index contributed by atoms with van der Waals surface area (Å²) >= 11 is 18.2. The second kappa shape index (κ2) is 14.5. The number of anilines is 2. The molecule has 8 nitrogen and oxygen atoms in total. The van der Waals surface area contributed by atoms with Gasteiger partial charge in [-0.1, -0.05) is 36.2 Å². The molecular weight excluding hydrogens is 597 g/mol. The molecule has 11 heteroatoms. The Balaban J connectivity index is 1.54. The molecule has 1 atom stereocenters. The molecule has 0 aromatic heterocycles. The van der Waals surface area contributed by atoms with Crippen LogP contribution in [0, 0.1) is 0 Å². The molecule has 1 N–H and O–H groups in total. The number of rotatable bonds is 12. The molecule has 220 valence electrons. The van der Waals surface area contributed by atoms with Gasteiger partial charge in [0.1, 0.15) is 11.8 Å². The Labute approximate surface area is 260 Å². The number of carbonyl (C=O) groups is 3. The number of hydrogen-bond donors (Lipinski definition) is 1. The lowest BCUT2D eigenvalue weighted by atomic mass is 10.1. The first-order valence-corrected chi connectivity index (χ1v) is 14.8. The van der Waals surface area contributed by atoms with E-state index in [1.54, 1.807) is 72.5 Å². The van der Waals surface area contributed by atoms with Crippen LogP contribution in [0.5, 0.6) is 5.75 Å². The number of thiocarbonyl (C=S) groups is 1. The van der Waals surface area contributed by atoms with Crippen molar-refractivity contribution in [1.82, 2.24) is 4.90 Å². The van der Waals surface area contributed by atoms with Gasteiger partial charge in [-0.05, 0) is 98.2 Å². The summed E-state index contributed by atoms with van der Waals surface area (Å²) in [6, 6.07) is 17.9. The fourth-order valence-corrected chi connectivity index (χ4v) is 5.41. The Morgan fingerprint density at radius 2 is 1.71 bits per heavy atom. The Kier molecular flexibility index (Phi) is 10.8. The zero-order valence-electron chi connectivity index (χ0n) is 23.3. The van der Waals surface area contributed by atoms with Crippen LogP contribution in [0.3, 0.4) is 0 Å². The Bertz CT molecular complexity index is 1450. The van der Waals surface area contributed by atoms with Crippen molar-refractivity contribution in [3.63, 3.8) is 0 Å². The van der Waals surface area contributed by atoms with Gasteiger partial charge in [-0.25, -0.2) is 4.79 Å². The molecule has 4 rings (SSSR count). The Morgan fingerprint density at radius 3 is 2.36 bits per heavy atom. The average Bonchev–Trinajstić information content (AvgIpc) is 3.20. The first-order valence-electron chi connectivity index (χ1n) is 13.6. The molecule has 1 aliphatic heterocycles. The maximum atomic E-state index is 13.8. The van der Waals surface area contributed by atoms with Crippen LogP contribution < -0.4 is 15.0 Å². The summed E-state index contributed by atoms with van der Waals surface area (Å²) in [5.74, 6) is -0.430. The van der Waals surface area contributed by atoms with Gasteiger partial charge in [-0.2, -0.15) is 0 Å². The van der Waals surface area contributed by atoms with E-state index >= 15 is 0 Å². The van der Waals surface area contributed by atoms with E-state index in [4.69, 9.17) is 44.9 Å². The summed E-state index contributed by atoms with van der Waals surface area (Å²) in [6.45, 7) is 4.95. The minimum Gasteiger partial charge on any atom is -0.494 e. The molecule has 42 heavy (non-hydrogen) atoms. The number of nitrogens with zero attached hydrogens (tertiary/aromatic N) is 2. The maximum Gasteiger partial charge on any atom is 0.338 e. The summed E-state index contributed by atoms with van der Waals surface area (Å²) < 4.78 is 10.7. The van der Waals surface area contributed by atoms with Crippen LogP contribution in [0.25, 0.3) is 0 Å². The number of carbonyl (C=O) groups excluding carboxylic acids is 3. The van der Waals surface area contributed by atoms with Crippen molar-refractivity contribution >= 4 is 69.7 Å². The molecule has 0 aliphatic carbocycles. The molecule has 1 unspecified atom stereocenters. The first-order chi connectivity index (χ1) is 20.2. The van der Waals surface area contributed by atoms with Crippen LogP contribution in [0.15, 0.2) is 66.7 Å². The van der Waals surface area contributed by atoms with Gasteiger partial charge < -0.3 is 19.7 Å². The number of ether oxygens (including phenoxy) is 2. The SMILES string of the molecule is CCCOc1ccc(NC(=O)CC2C(=O)N(c3ccc(C(=O)OCC)cc3)C(=S)N2CCc2ccc(Cl)cc2Cl)cc1. The van der Waals surface area contributed by atoms with E-state index in [1.165, 1.54) is 4.90 Å². The van der Waals surface area contributed by atoms with Crippen LogP contribution in [0.2, 0.25) is 10.0 Å². The quantitative estimate of drug-likeness (QED) is 0.180. The minimum atomic E-state index is -0.847. The third kappa shape index (κ3) is 7.59. The standard InChI is InChI=1S/C31H31Cl2N3O5S/c1-3-17-41-25-13-9-23(10-14-25)34-28(37)19-27-29(38)36(24-11-6-21(7-12-24)30(39)40-4-2)31(42)35(27)16-15-20-5-8-22(32)18-26(20)33/h5-14,18,27H,3-4,15-17,19H2,1-2H3,(H,34,37). The first kappa shape index (κ1) is 31.3. The van der Waals surface area contributed by atoms with E-state index in [1.807, 2.05) is 13.0 Å². The lowest BCUT2D eigenvalue weighted by Gasteiger charge is -2.24. The molecule has 3 aromatic rings. The van der Waals surface area contributed by atoms with Gasteiger partial charge in [0.25, 0.3) is 5.91 Å². The summed E-state index contributed by atoms with van der Waals surface area (Å²) in [4.78, 5) is 42.2. The monoisotopic (exact) mass is 627 g/mol. The molecule has 0 bridgehead atoms. The summed E-state index contributed by atoms with van der Waals surface area (Å²) in [7, 11) is 0. The number of hydrogen-bond acceptors (Lipinski definition) is 6. The fourth-order valence-electron chi connectivity index (χ4n) is 4.49. The van der Waals surface area contributed by atoms with Crippen molar-refractivity contribution in [3.8, 4) is 5.75 Å². The van der Waals surface area contributed by atoms with Crippen LogP contribution in [-0.2, 0) is 20.7 Å². The van der Waals surface area contributed by atoms with E-state index in [9.17, 15) is 14.4 Å². The fraction of sp³-hybridized carbons (Fsp3) is 0.290. The van der Waals surface area contributed by atoms with Crippen molar-refractivity contribution in [3.05, 3.63) is 87.9 Å². The molecular formula is C31H31Cl2N3O5S. The van der Waals surface area contributed by atoms with Gasteiger partial charge >= 0.3 is 5.97 Å². The molecule has 2 amide bonds. The molecule has 1 fully saturated rings. The van der Waals surface area contributed by atoms with Crippen LogP contribution in [-0.4, -0.2) is 53.6 Å². The Morgan fingerprint density at radius 1 is 1.00 bits per heavy atom. The van der Waals surface area contributed by atoms with Gasteiger partial charge in [0.05, 0.1) is 30.9 Å². The summed E-state index contributed by atoms with van der Waals surface area (Å²) in [5.41, 5.74) is 2.26. The van der Waals surface area contributed by atoms with Crippen molar-refractivity contribution in [2.75, 3.05) is 30.0 Å². The minimum absolute atomic E-state index is 0.126. The molecule has 3 aromatic carbocycles. The smallest absolute Gasteiger partial charge is 0.338 e. The highest BCUT2D eigenvalue weighted by molar-refractivity contribution is 7.80. The third-order valence-corrected chi connectivity index (χ3v) is 7.59. The largest absolute Gasteiger partial charge is 0.494 e. The topological polar surface area (TPSA) is 88.2 Å². The predicted molar refractivity (Wildman–Crippen MR) is 169 cm³/mol. The van der Waals surface area contributed by atoms with E-state index in [2.05, 4.69) is 5.32 Å². The van der Waals surface area contributed by atoms with E-state index in [0.717, 1.165) is 12.0 Å². The van der Waals surface area contributed by atoms with Crippen molar-refractivity contribution in [2.45, 2.75) is 39.2 Å². The predicted octanol–water partition coefficient (Wildman–Crippen LogP) is 6.53. The molecule has 0 spiro atoms. The van der Waals surface area contributed by atoms with E-state index in [0.29, 0.717) is 52.3 Å². The average molecular weight is 629 g/mol. The van der Waals surface area contributed by atoms with Gasteiger partial charge in [0.15, 0.2) is 5.11 Å². The zero-order valence-corrected chi connectivity index (χ0v) is 25.6. The molecule has 1 heterocycles. The third-order valence-electron chi connectivity index (χ3n) is 6.58. The van der Waals surface area contributed by atoms with Gasteiger partial charge in [-0.3, -0.25) is 14.5 Å². The highest BCUT2D eigenvalue weighted by Crippen LogP contribution is 2.29. The van der Waals surface area contributed by atoms with Crippen LogP contribution in [0.1, 0.15) is 42.6 Å². The Hall–Kier alpha value is -3.66. The van der Waals surface area contributed by atoms with Crippen molar-refractivity contribution in [2.24, 2.45) is 0 Å². The van der Waals surface area contributed by atoms with Crippen molar-refractivity contribution in [1.29, 1.82) is 0 Å². The number of esters is 1. The molecule has 0 saturated carbocycles. The summed E-state index contributed by atoms with van der Waals surface area (Å²) in [5, 5.41) is 4.14. The number of amides is 2. The zero-order chi connectivity index (χ0) is 30.2. The second-order valence-corrected chi connectivity index (χ2v) is 10.8. The lowest BCUT2D eigenvalue weighted by Crippen LogP contribution is -2.39. The van der Waals surface area contributed by atoms with Crippen LogP contribution >= 0.6 is 35.4 Å². The number of halogens is 2. The normalized spacial score (nSPS) is 14.7. The van der Waals surface area contributed by atoms with Crippen molar-refractivity contribution < 1.29 is 23.9 Å². The molecule has 0 radical (unpaired) electrons. The maximum absolute atomic E-state index is 13.8. The van der Waals surface area contributed by atoms with E-state index in [-0.39, 0.29) is 30.0 Å². The summed E-state index contributed by atoms with van der Waals surface area (Å²) in [6.07, 6.45) is 1.23.